The number of carboxylic acids is 1. The maximum absolute atomic E-state index is 12.2. The maximum Gasteiger partial charge on any atom is 0.320 e. The molecule has 4 atom stereocenters. The summed E-state index contributed by atoms with van der Waals surface area (Å²) in [4.78, 5) is 14.1. The molecule has 230 valence electrons. The summed E-state index contributed by atoms with van der Waals surface area (Å²) in [5, 5.41) is 36.7. The molecule has 1 fully saturated rings. The lowest BCUT2D eigenvalue weighted by atomic mass is 9.99. The highest BCUT2D eigenvalue weighted by Crippen LogP contribution is 2.24. The number of aliphatic carboxylic acids is 1. The molecular weight excluding hydrogens is 585 g/mol. The van der Waals surface area contributed by atoms with Crippen LogP contribution in [0.3, 0.4) is 0 Å². The number of hydrogen-bond acceptors (Lipinski definition) is 8. The van der Waals surface area contributed by atoms with Crippen LogP contribution in [0, 0.1) is 12.8 Å². The number of allylic oxidation sites excluding steroid dienone is 4. The Morgan fingerprint density at radius 2 is 1.76 bits per heavy atom. The van der Waals surface area contributed by atoms with Gasteiger partial charge in [-0.25, -0.2) is 0 Å². The van der Waals surface area contributed by atoms with Crippen LogP contribution in [0.25, 0.3) is 0 Å². The van der Waals surface area contributed by atoms with Gasteiger partial charge in [-0.05, 0) is 53.2 Å². The Labute approximate surface area is 257 Å². The van der Waals surface area contributed by atoms with Crippen molar-refractivity contribution in [1.29, 1.82) is 0 Å². The van der Waals surface area contributed by atoms with Crippen LogP contribution in [0.5, 0.6) is 5.75 Å². The molecular formula is C31H39ClFNO7S. The van der Waals surface area contributed by atoms with Gasteiger partial charge in [0.25, 0.3) is 0 Å². The van der Waals surface area contributed by atoms with Gasteiger partial charge in [-0.2, -0.15) is 12.6 Å². The molecule has 1 aliphatic rings. The Balaban J connectivity index is 0.000000876. The number of rotatable bonds is 10. The van der Waals surface area contributed by atoms with Crippen LogP contribution in [0.2, 0.25) is 0 Å². The van der Waals surface area contributed by atoms with Crippen LogP contribution in [0.15, 0.2) is 88.8 Å². The highest BCUT2D eigenvalue weighted by Gasteiger charge is 2.26. The second-order valence-electron chi connectivity index (χ2n) is 8.68. The minimum absolute atomic E-state index is 0.129. The zero-order valence-electron chi connectivity index (χ0n) is 23.3. The molecule has 42 heavy (non-hydrogen) atoms. The third kappa shape index (κ3) is 15.7. The molecule has 8 nitrogen and oxygen atoms in total. The quantitative estimate of drug-likeness (QED) is 0.130. The van der Waals surface area contributed by atoms with Crippen LogP contribution in [0.1, 0.15) is 24.0 Å². The molecule has 3 rings (SSSR count). The monoisotopic (exact) mass is 623 g/mol. The van der Waals surface area contributed by atoms with Crippen molar-refractivity contribution in [3.05, 3.63) is 100.0 Å². The average molecular weight is 624 g/mol. The number of carbonyl (C=O) groups is 1. The summed E-state index contributed by atoms with van der Waals surface area (Å²) in [5.74, 6) is -0.824. The van der Waals surface area contributed by atoms with E-state index >= 15 is 0 Å². The fourth-order valence-corrected chi connectivity index (χ4v) is 4.15. The SMILES string of the molecule is C#C.CO.N[C@@H](Cc1ccccc1)C(=O)O.OC[C@@H]1C[C@H](O)C[C@H](/C=C/C(Cc2ccc(OF)cc2)=C(Cl)\C=C/S)O1. The molecule has 0 radical (unpaired) electrons. The zero-order chi connectivity index (χ0) is 31.9. The Kier molecular flexibility index (Phi) is 21.7. The number of hydrogen-bond donors (Lipinski definition) is 6. The summed E-state index contributed by atoms with van der Waals surface area (Å²) in [6, 6.07) is 15.1. The molecule has 2 aromatic carbocycles. The van der Waals surface area contributed by atoms with E-state index in [1.807, 2.05) is 42.5 Å². The zero-order valence-corrected chi connectivity index (χ0v) is 24.9. The lowest BCUT2D eigenvalue weighted by Crippen LogP contribution is -2.36. The fourth-order valence-electron chi connectivity index (χ4n) is 3.72. The van der Waals surface area contributed by atoms with E-state index < -0.39 is 18.1 Å². The van der Waals surface area contributed by atoms with Crippen molar-refractivity contribution < 1.29 is 39.4 Å². The summed E-state index contributed by atoms with van der Waals surface area (Å²) >= 11 is 10.4. The molecule has 0 aromatic heterocycles. The molecule has 1 heterocycles. The topological polar surface area (TPSA) is 142 Å². The van der Waals surface area contributed by atoms with Gasteiger partial charge in [-0.15, -0.1) is 12.8 Å². The minimum Gasteiger partial charge on any atom is -0.480 e. The molecule has 0 bridgehead atoms. The van der Waals surface area contributed by atoms with E-state index in [9.17, 15) is 19.5 Å². The predicted octanol–water partition coefficient (Wildman–Crippen LogP) is 4.38. The van der Waals surface area contributed by atoms with Gasteiger partial charge in [0.1, 0.15) is 6.04 Å². The molecule has 1 aliphatic heterocycles. The number of aliphatic hydroxyl groups excluding tert-OH is 3. The Morgan fingerprint density at radius 1 is 1.14 bits per heavy atom. The summed E-state index contributed by atoms with van der Waals surface area (Å²) in [7, 11) is 1.00. The van der Waals surface area contributed by atoms with Gasteiger partial charge in [0.2, 0.25) is 0 Å². The minimum atomic E-state index is -0.959. The van der Waals surface area contributed by atoms with Crippen molar-refractivity contribution in [1.82, 2.24) is 0 Å². The summed E-state index contributed by atoms with van der Waals surface area (Å²) < 4.78 is 17.9. The van der Waals surface area contributed by atoms with E-state index in [2.05, 4.69) is 30.4 Å². The van der Waals surface area contributed by atoms with Gasteiger partial charge in [0.05, 0.1) is 24.9 Å². The highest BCUT2D eigenvalue weighted by molar-refractivity contribution is 7.83. The molecule has 6 N–H and O–H groups in total. The number of thiol groups is 1. The van der Waals surface area contributed by atoms with Gasteiger partial charge >= 0.3 is 5.97 Å². The third-order valence-corrected chi connectivity index (χ3v) is 6.19. The van der Waals surface area contributed by atoms with Crippen molar-refractivity contribution in [3.8, 4) is 18.6 Å². The molecule has 11 heteroatoms. The van der Waals surface area contributed by atoms with E-state index in [0.717, 1.165) is 23.8 Å². The number of benzene rings is 2. The van der Waals surface area contributed by atoms with Gasteiger partial charge in [0, 0.05) is 29.5 Å². The van der Waals surface area contributed by atoms with Crippen LogP contribution in [0.4, 0.5) is 4.53 Å². The average Bonchev–Trinajstić information content (AvgIpc) is 3.02. The second-order valence-corrected chi connectivity index (χ2v) is 9.39. The largest absolute Gasteiger partial charge is 0.480 e. The van der Waals surface area contributed by atoms with Crippen LogP contribution in [-0.4, -0.2) is 64.5 Å². The van der Waals surface area contributed by atoms with E-state index in [0.29, 0.717) is 30.7 Å². The first-order valence-electron chi connectivity index (χ1n) is 12.8. The fraction of sp³-hybridized carbons (Fsp3) is 0.323. The number of aliphatic hydroxyl groups is 3. The lowest BCUT2D eigenvalue weighted by molar-refractivity contribution is -0.138. The number of nitrogens with two attached hydrogens (primary N) is 1. The highest BCUT2D eigenvalue weighted by atomic mass is 35.5. The molecule has 0 amide bonds. The van der Waals surface area contributed by atoms with Crippen molar-refractivity contribution in [2.24, 2.45) is 5.73 Å². The number of carboxylic acid groups (broad SMARTS) is 1. The van der Waals surface area contributed by atoms with E-state index in [4.69, 9.17) is 32.3 Å². The standard InChI is InChI=1S/C19H22ClFO4S.C9H11NO2.C2H2.CH4O/c20-19(7-8-26)14(9-13-1-4-16(25-21)5-2-13)3-6-17-10-15(23)11-18(12-22)24-17;10-8(9(11)12)6-7-4-2-1-3-5-7;2*1-2/h1-8,15,17-18,22-23,26H,9-12H2;1-5,8H,6,10H2,(H,11,12);1-2H;2H,1H3/b6-3+,8-7-,19-14-;;;/t15-,17+,18+;8-;;/m10../s1. The van der Waals surface area contributed by atoms with Crippen LogP contribution in [-0.2, 0) is 22.4 Å². The molecule has 0 saturated carbocycles. The van der Waals surface area contributed by atoms with Crippen molar-refractivity contribution in [3.63, 3.8) is 0 Å². The number of ether oxygens (including phenoxy) is 1. The lowest BCUT2D eigenvalue weighted by Gasteiger charge is -2.30. The van der Waals surface area contributed by atoms with Crippen LogP contribution < -0.4 is 10.7 Å². The number of halogens is 2. The normalized spacial score (nSPS) is 19.1. The Morgan fingerprint density at radius 3 is 2.29 bits per heavy atom. The summed E-state index contributed by atoms with van der Waals surface area (Å²) in [6.07, 6.45) is 13.9. The molecule has 0 spiro atoms. The van der Waals surface area contributed by atoms with Crippen molar-refractivity contribution in [2.45, 2.75) is 50.0 Å². The summed E-state index contributed by atoms with van der Waals surface area (Å²) in [5.41, 5.74) is 8.04. The van der Waals surface area contributed by atoms with Crippen molar-refractivity contribution in [2.75, 3.05) is 13.7 Å². The first kappa shape index (κ1) is 38.9. The third-order valence-electron chi connectivity index (χ3n) is 5.67. The van der Waals surface area contributed by atoms with E-state index in [1.165, 1.54) is 12.1 Å². The molecule has 2 aromatic rings. The first-order valence-corrected chi connectivity index (χ1v) is 13.6. The first-order chi connectivity index (χ1) is 20.2. The molecule has 0 unspecified atom stereocenters. The van der Waals surface area contributed by atoms with Gasteiger partial charge < -0.3 is 30.9 Å². The number of terminal acetylenes is 1. The predicted molar refractivity (Wildman–Crippen MR) is 167 cm³/mol. The van der Waals surface area contributed by atoms with Crippen molar-refractivity contribution >= 4 is 30.2 Å². The van der Waals surface area contributed by atoms with Gasteiger partial charge in [-0.3, -0.25) is 9.74 Å². The Bertz CT molecular complexity index is 1130. The van der Waals surface area contributed by atoms with Gasteiger partial charge in [0.15, 0.2) is 5.75 Å². The Hall–Kier alpha value is -3.14. The molecule has 0 aliphatic carbocycles. The van der Waals surface area contributed by atoms with E-state index in [-0.39, 0.29) is 24.6 Å². The second kappa shape index (κ2) is 23.4. The molecule has 1 saturated heterocycles. The maximum atomic E-state index is 12.2. The van der Waals surface area contributed by atoms with Gasteiger partial charge in [-0.1, -0.05) is 66.2 Å². The summed E-state index contributed by atoms with van der Waals surface area (Å²) in [6.45, 7) is -0.129. The van der Waals surface area contributed by atoms with Crippen LogP contribution >= 0.6 is 24.2 Å². The smallest absolute Gasteiger partial charge is 0.320 e. The van der Waals surface area contributed by atoms with E-state index in [1.54, 1.807) is 23.6 Å².